The fourth-order valence-corrected chi connectivity index (χ4v) is 7.97. The molecular weight excluding hydrogens is 576 g/mol. The largest absolute Gasteiger partial charge is 0.338 e. The normalized spacial score (nSPS) is 16.1. The van der Waals surface area contributed by atoms with Crippen LogP contribution < -0.4 is 0 Å². The van der Waals surface area contributed by atoms with Gasteiger partial charge in [-0.15, -0.1) is 0 Å². The number of aromatic nitrogens is 6. The van der Waals surface area contributed by atoms with E-state index in [0.717, 1.165) is 67.3 Å². The first-order valence-corrected chi connectivity index (χ1v) is 16.0. The molecule has 0 saturated heterocycles. The molecule has 0 radical (unpaired) electrons. The van der Waals surface area contributed by atoms with Crippen LogP contribution in [0.15, 0.2) is 127 Å². The Morgan fingerprint density at radius 1 is 0.340 bits per heavy atom. The van der Waals surface area contributed by atoms with Crippen LogP contribution in [0.1, 0.15) is 45.2 Å². The highest BCUT2D eigenvalue weighted by molar-refractivity contribution is 5.90. The number of nitrogens with zero attached hydrogens (tertiary/aromatic N) is 3. The summed E-state index contributed by atoms with van der Waals surface area (Å²) in [4.78, 5) is 26.1. The second-order valence-electron chi connectivity index (χ2n) is 12.7. The fourth-order valence-electron chi connectivity index (χ4n) is 7.97. The Balaban J connectivity index is 1.14. The zero-order valence-corrected chi connectivity index (χ0v) is 25.1. The van der Waals surface area contributed by atoms with Crippen LogP contribution in [0.5, 0.6) is 0 Å². The zero-order chi connectivity index (χ0) is 30.6. The molecule has 2 bridgehead atoms. The predicted octanol–water partition coefficient (Wildman–Crippen LogP) is 9.30. The lowest BCUT2D eigenvalue weighted by Gasteiger charge is -2.42. The number of fused-ring (bicyclic) bond motifs is 3. The summed E-state index contributed by atoms with van der Waals surface area (Å²) < 4.78 is 0. The average molecular weight is 603 g/mol. The molecule has 6 heteroatoms. The Hall–Kier alpha value is -6.27. The Morgan fingerprint density at radius 2 is 0.617 bits per heavy atom. The van der Waals surface area contributed by atoms with Gasteiger partial charge < -0.3 is 15.0 Å². The molecule has 9 aromatic rings. The first kappa shape index (κ1) is 25.0. The van der Waals surface area contributed by atoms with Gasteiger partial charge in [0.15, 0.2) is 0 Å². The molecule has 3 aliphatic rings. The molecule has 3 N–H and O–H groups in total. The van der Waals surface area contributed by atoms with Gasteiger partial charge in [0.1, 0.15) is 17.5 Å². The van der Waals surface area contributed by atoms with Crippen molar-refractivity contribution in [3.63, 3.8) is 0 Å². The predicted molar refractivity (Wildman–Crippen MR) is 186 cm³/mol. The minimum atomic E-state index is 0.0452. The lowest BCUT2D eigenvalue weighted by Crippen LogP contribution is -2.27. The van der Waals surface area contributed by atoms with Gasteiger partial charge in [0.2, 0.25) is 0 Å². The van der Waals surface area contributed by atoms with Crippen molar-refractivity contribution < 1.29 is 0 Å². The molecule has 0 fully saturated rings. The third-order valence-corrected chi connectivity index (χ3v) is 10.1. The Morgan fingerprint density at radius 3 is 0.915 bits per heavy atom. The maximum atomic E-state index is 5.07. The minimum Gasteiger partial charge on any atom is -0.338 e. The molecule has 12 rings (SSSR count). The van der Waals surface area contributed by atoms with E-state index >= 15 is 0 Å². The lowest BCUT2D eigenvalue weighted by molar-refractivity contribution is 0.760. The molecule has 0 saturated carbocycles. The number of rotatable bonds is 3. The second-order valence-corrected chi connectivity index (χ2v) is 12.7. The summed E-state index contributed by atoms with van der Waals surface area (Å²) in [6.07, 6.45) is 0. The van der Waals surface area contributed by atoms with E-state index in [1.165, 1.54) is 33.4 Å². The van der Waals surface area contributed by atoms with Crippen LogP contribution in [0.2, 0.25) is 0 Å². The summed E-state index contributed by atoms with van der Waals surface area (Å²) in [5, 5.41) is 0. The standard InChI is InChI=1S/C41H26N6/c1-4-10-22(11-5-1)39-42-31-16-25-26(17-32(31)43-39)38-28-19-34-33(44-40(45-34)23-12-6-2-7-13-23)18-27(28)37(25)29-20-35-36(21-30(29)38)47-41(46-35)24-14-8-3-9-15-24/h1-21,37-38H,(H,42,43)(H,44,45)(H,46,47). The van der Waals surface area contributed by atoms with Crippen molar-refractivity contribution in [2.24, 2.45) is 0 Å². The molecule has 0 amide bonds. The Kier molecular flexibility index (Phi) is 4.86. The van der Waals surface area contributed by atoms with E-state index in [4.69, 9.17) is 15.0 Å². The molecule has 47 heavy (non-hydrogen) atoms. The second kappa shape index (κ2) is 9.14. The highest BCUT2D eigenvalue weighted by Crippen LogP contribution is 2.57. The van der Waals surface area contributed by atoms with Gasteiger partial charge in [-0.05, 0) is 69.8 Å². The van der Waals surface area contributed by atoms with Crippen molar-refractivity contribution in [3.8, 4) is 34.2 Å². The number of benzene rings is 6. The third kappa shape index (κ3) is 3.58. The fraction of sp³-hybridized carbons (Fsp3) is 0.0488. The summed E-state index contributed by atoms with van der Waals surface area (Å²) in [7, 11) is 0. The number of H-pyrrole nitrogens is 3. The van der Waals surface area contributed by atoms with Gasteiger partial charge in [-0.25, -0.2) is 15.0 Å². The number of hydrogen-bond donors (Lipinski definition) is 3. The van der Waals surface area contributed by atoms with Crippen molar-refractivity contribution in [2.45, 2.75) is 11.8 Å². The van der Waals surface area contributed by atoms with Crippen molar-refractivity contribution in [1.29, 1.82) is 0 Å². The SMILES string of the molecule is c1ccc(-c2nc3cc4c(cc3[nH]2)C2c3cc5[nH]c(-c6ccccc6)nc5cc3C4c3cc4nc(-c5ccccc5)[nH]c4cc32)cc1. The molecule has 3 aromatic heterocycles. The molecule has 6 aromatic carbocycles. The summed E-state index contributed by atoms with van der Waals surface area (Å²) in [6, 6.07) is 45.0. The molecule has 3 heterocycles. The zero-order valence-electron chi connectivity index (χ0n) is 25.1. The first-order valence-electron chi connectivity index (χ1n) is 16.0. The van der Waals surface area contributed by atoms with Crippen LogP contribution in [0, 0.1) is 0 Å². The minimum absolute atomic E-state index is 0.0452. The van der Waals surface area contributed by atoms with E-state index < -0.39 is 0 Å². The number of aromatic amines is 3. The molecule has 3 aliphatic carbocycles. The van der Waals surface area contributed by atoms with Crippen molar-refractivity contribution in [3.05, 3.63) is 161 Å². The smallest absolute Gasteiger partial charge is 0.138 e. The van der Waals surface area contributed by atoms with Crippen molar-refractivity contribution >= 4 is 33.1 Å². The van der Waals surface area contributed by atoms with Crippen molar-refractivity contribution in [2.75, 3.05) is 0 Å². The van der Waals surface area contributed by atoms with Gasteiger partial charge in [-0.2, -0.15) is 0 Å². The third-order valence-electron chi connectivity index (χ3n) is 10.1. The van der Waals surface area contributed by atoms with Crippen LogP contribution in [0.25, 0.3) is 67.3 Å². The molecule has 0 unspecified atom stereocenters. The molecule has 0 spiro atoms. The number of nitrogens with one attached hydrogen (secondary N) is 3. The quantitative estimate of drug-likeness (QED) is 0.188. The molecular formula is C41H26N6. The lowest BCUT2D eigenvalue weighted by atomic mass is 9.61. The van der Waals surface area contributed by atoms with Crippen LogP contribution >= 0.6 is 0 Å². The molecule has 0 aliphatic heterocycles. The van der Waals surface area contributed by atoms with Gasteiger partial charge in [0.05, 0.1) is 33.1 Å². The van der Waals surface area contributed by atoms with E-state index in [1.807, 2.05) is 18.2 Å². The van der Waals surface area contributed by atoms with Crippen molar-refractivity contribution in [1.82, 2.24) is 29.9 Å². The highest BCUT2D eigenvalue weighted by atomic mass is 14.9. The summed E-state index contributed by atoms with van der Waals surface area (Å²) in [5.74, 6) is 2.78. The molecule has 6 nitrogen and oxygen atoms in total. The maximum absolute atomic E-state index is 5.07. The monoisotopic (exact) mass is 602 g/mol. The van der Waals surface area contributed by atoms with E-state index in [9.17, 15) is 0 Å². The van der Waals surface area contributed by atoms with E-state index in [0.29, 0.717) is 0 Å². The maximum Gasteiger partial charge on any atom is 0.138 e. The van der Waals surface area contributed by atoms with E-state index in [1.54, 1.807) is 0 Å². The van der Waals surface area contributed by atoms with Crippen LogP contribution in [-0.2, 0) is 0 Å². The average Bonchev–Trinajstić information content (AvgIpc) is 3.86. The number of hydrogen-bond acceptors (Lipinski definition) is 3. The topological polar surface area (TPSA) is 86.0 Å². The summed E-state index contributed by atoms with van der Waals surface area (Å²) in [5.41, 5.74) is 17.3. The number of imidazole rings is 3. The van der Waals surface area contributed by atoms with Gasteiger partial charge >= 0.3 is 0 Å². The Labute approximate surface area is 269 Å². The summed E-state index contributed by atoms with van der Waals surface area (Å²) >= 11 is 0. The summed E-state index contributed by atoms with van der Waals surface area (Å²) in [6.45, 7) is 0. The highest BCUT2D eigenvalue weighted by Gasteiger charge is 2.42. The van der Waals surface area contributed by atoms with Crippen LogP contribution in [0.4, 0.5) is 0 Å². The van der Waals surface area contributed by atoms with Crippen LogP contribution in [0.3, 0.4) is 0 Å². The molecule has 0 atom stereocenters. The Bertz CT molecular complexity index is 2260. The first-order chi connectivity index (χ1) is 23.2. The van der Waals surface area contributed by atoms with Gasteiger partial charge in [-0.3, -0.25) is 0 Å². The van der Waals surface area contributed by atoms with E-state index in [2.05, 4.69) is 124 Å². The van der Waals surface area contributed by atoms with Gasteiger partial charge in [-0.1, -0.05) is 91.0 Å². The van der Waals surface area contributed by atoms with Gasteiger partial charge in [0.25, 0.3) is 0 Å². The van der Waals surface area contributed by atoms with Gasteiger partial charge in [0, 0.05) is 28.5 Å². The van der Waals surface area contributed by atoms with E-state index in [-0.39, 0.29) is 11.8 Å². The molecule has 220 valence electrons. The van der Waals surface area contributed by atoms with Crippen LogP contribution in [-0.4, -0.2) is 29.9 Å².